The first-order valence-electron chi connectivity index (χ1n) is 9.32. The molecule has 0 aliphatic heterocycles. The van der Waals surface area contributed by atoms with Gasteiger partial charge >= 0.3 is 6.03 Å². The molecule has 1 fully saturated rings. The number of benzene rings is 1. The lowest BCUT2D eigenvalue weighted by atomic mass is 10.1. The largest absolute Gasteiger partial charge is 0.334 e. The molecule has 8 heteroatoms. The Morgan fingerprint density at radius 2 is 2.04 bits per heavy atom. The number of aryl methyl sites for hydroxylation is 1. The van der Waals surface area contributed by atoms with Gasteiger partial charge in [0.2, 0.25) is 5.91 Å². The zero-order valence-corrected chi connectivity index (χ0v) is 15.7. The highest BCUT2D eigenvalue weighted by molar-refractivity contribution is 5.95. The Kier molecular flexibility index (Phi) is 6.05. The molecule has 1 aromatic heterocycles. The molecule has 0 radical (unpaired) electrons. The number of nitrogens with one attached hydrogen (secondary N) is 3. The molecular formula is C19H26N6O2. The van der Waals surface area contributed by atoms with Gasteiger partial charge in [0.25, 0.3) is 0 Å². The van der Waals surface area contributed by atoms with E-state index in [1.165, 1.54) is 6.33 Å². The summed E-state index contributed by atoms with van der Waals surface area (Å²) in [5.41, 5.74) is 2.29. The van der Waals surface area contributed by atoms with Gasteiger partial charge in [0.05, 0.1) is 6.54 Å². The maximum atomic E-state index is 12.3. The lowest BCUT2D eigenvalue weighted by Gasteiger charge is -2.16. The quantitative estimate of drug-likeness (QED) is 0.728. The van der Waals surface area contributed by atoms with E-state index in [9.17, 15) is 9.59 Å². The molecule has 0 spiro atoms. The molecule has 3 rings (SSSR count). The predicted octanol–water partition coefficient (Wildman–Crippen LogP) is 2.93. The molecule has 1 atom stereocenters. The van der Waals surface area contributed by atoms with Crippen LogP contribution in [0.25, 0.3) is 0 Å². The Labute approximate surface area is 158 Å². The van der Waals surface area contributed by atoms with E-state index >= 15 is 0 Å². The summed E-state index contributed by atoms with van der Waals surface area (Å²) < 4.78 is 1.66. The van der Waals surface area contributed by atoms with Crippen molar-refractivity contribution in [2.75, 3.05) is 10.6 Å². The highest BCUT2D eigenvalue weighted by Crippen LogP contribution is 2.27. The molecule has 144 valence electrons. The number of aromatic nitrogens is 3. The van der Waals surface area contributed by atoms with E-state index in [2.05, 4.69) is 26.0 Å². The Bertz CT molecular complexity index is 784. The van der Waals surface area contributed by atoms with Crippen LogP contribution in [0.4, 0.5) is 16.2 Å². The smallest absolute Gasteiger partial charge is 0.319 e. The van der Waals surface area contributed by atoms with Crippen molar-refractivity contribution in [2.45, 2.75) is 52.1 Å². The van der Waals surface area contributed by atoms with E-state index in [4.69, 9.17) is 0 Å². The van der Waals surface area contributed by atoms with Crippen molar-refractivity contribution in [3.05, 3.63) is 36.4 Å². The third-order valence-electron chi connectivity index (χ3n) is 4.78. The fraction of sp³-hybridized carbons (Fsp3) is 0.474. The van der Waals surface area contributed by atoms with Crippen LogP contribution in [0.15, 0.2) is 30.9 Å². The Morgan fingerprint density at radius 1 is 1.26 bits per heavy atom. The van der Waals surface area contributed by atoms with Gasteiger partial charge in [-0.05, 0) is 44.4 Å². The van der Waals surface area contributed by atoms with Crippen molar-refractivity contribution >= 4 is 23.3 Å². The van der Waals surface area contributed by atoms with Crippen LogP contribution < -0.4 is 16.0 Å². The van der Waals surface area contributed by atoms with E-state index in [1.54, 1.807) is 17.1 Å². The molecule has 0 saturated heterocycles. The standard InChI is InChI=1S/C19H26N6O2/c1-13-7-8-16(23-18(26)15-5-3-4-6-15)9-17(13)24-19(27)22-14(2)10-25-12-20-11-21-25/h7-9,11-12,14-15H,3-6,10H2,1-2H3,(H,23,26)(H2,22,24,27)/t14-/m0/s1. The van der Waals surface area contributed by atoms with Crippen LogP contribution in [0.1, 0.15) is 38.2 Å². The van der Waals surface area contributed by atoms with Gasteiger partial charge in [-0.3, -0.25) is 9.48 Å². The second-order valence-corrected chi connectivity index (χ2v) is 7.12. The zero-order valence-electron chi connectivity index (χ0n) is 15.7. The van der Waals surface area contributed by atoms with Crippen molar-refractivity contribution < 1.29 is 9.59 Å². The number of hydrogen-bond donors (Lipinski definition) is 3. The van der Waals surface area contributed by atoms with Crippen LogP contribution in [0.3, 0.4) is 0 Å². The van der Waals surface area contributed by atoms with Crippen molar-refractivity contribution in [2.24, 2.45) is 5.92 Å². The number of amides is 3. The molecule has 0 bridgehead atoms. The van der Waals surface area contributed by atoms with Crippen LogP contribution in [-0.2, 0) is 11.3 Å². The lowest BCUT2D eigenvalue weighted by Crippen LogP contribution is -2.38. The topological polar surface area (TPSA) is 101 Å². The van der Waals surface area contributed by atoms with Crippen LogP contribution in [0, 0.1) is 12.8 Å². The average Bonchev–Trinajstić information content (AvgIpc) is 3.31. The van der Waals surface area contributed by atoms with Gasteiger partial charge in [-0.15, -0.1) is 0 Å². The van der Waals surface area contributed by atoms with E-state index < -0.39 is 0 Å². The molecule has 1 saturated carbocycles. The average molecular weight is 370 g/mol. The molecule has 2 aromatic rings. The molecule has 27 heavy (non-hydrogen) atoms. The maximum Gasteiger partial charge on any atom is 0.319 e. The first kappa shape index (κ1) is 18.9. The second-order valence-electron chi connectivity index (χ2n) is 7.12. The van der Waals surface area contributed by atoms with Crippen LogP contribution in [-0.4, -0.2) is 32.7 Å². The highest BCUT2D eigenvalue weighted by atomic mass is 16.2. The summed E-state index contributed by atoms with van der Waals surface area (Å²) in [6.07, 6.45) is 7.21. The summed E-state index contributed by atoms with van der Waals surface area (Å²) in [6.45, 7) is 4.34. The van der Waals surface area contributed by atoms with Crippen molar-refractivity contribution in [1.29, 1.82) is 0 Å². The minimum Gasteiger partial charge on any atom is -0.334 e. The lowest BCUT2D eigenvalue weighted by molar-refractivity contribution is -0.119. The molecule has 3 amide bonds. The molecular weight excluding hydrogens is 344 g/mol. The molecule has 0 unspecified atom stereocenters. The number of anilines is 2. The second kappa shape index (κ2) is 8.66. The van der Waals surface area contributed by atoms with E-state index in [1.807, 2.05) is 26.0 Å². The molecule has 1 aliphatic rings. The van der Waals surface area contributed by atoms with Crippen molar-refractivity contribution in [3.8, 4) is 0 Å². The fourth-order valence-electron chi connectivity index (χ4n) is 3.30. The van der Waals surface area contributed by atoms with Gasteiger partial charge in [0.1, 0.15) is 12.7 Å². The van der Waals surface area contributed by atoms with Crippen molar-refractivity contribution in [3.63, 3.8) is 0 Å². The number of hydrogen-bond acceptors (Lipinski definition) is 4. The van der Waals surface area contributed by atoms with Gasteiger partial charge in [0.15, 0.2) is 0 Å². The number of carbonyl (C=O) groups excluding carboxylic acids is 2. The molecule has 8 nitrogen and oxygen atoms in total. The summed E-state index contributed by atoms with van der Waals surface area (Å²) in [5, 5.41) is 12.7. The van der Waals surface area contributed by atoms with Crippen LogP contribution in [0.2, 0.25) is 0 Å². The highest BCUT2D eigenvalue weighted by Gasteiger charge is 2.22. The summed E-state index contributed by atoms with van der Waals surface area (Å²) in [5.74, 6) is 0.164. The first-order chi connectivity index (χ1) is 13.0. The van der Waals surface area contributed by atoms with Crippen LogP contribution >= 0.6 is 0 Å². The SMILES string of the molecule is Cc1ccc(NC(=O)C2CCCC2)cc1NC(=O)N[C@@H](C)Cn1cncn1. The number of rotatable bonds is 6. The number of nitrogens with zero attached hydrogens (tertiary/aromatic N) is 3. The zero-order chi connectivity index (χ0) is 19.2. The molecule has 1 aliphatic carbocycles. The van der Waals surface area contributed by atoms with Gasteiger partial charge in [-0.1, -0.05) is 18.9 Å². The van der Waals surface area contributed by atoms with Gasteiger partial charge in [-0.2, -0.15) is 5.10 Å². The Morgan fingerprint density at radius 3 is 2.74 bits per heavy atom. The maximum absolute atomic E-state index is 12.3. The summed E-state index contributed by atoms with van der Waals surface area (Å²) in [4.78, 5) is 28.5. The summed E-state index contributed by atoms with van der Waals surface area (Å²) >= 11 is 0. The summed E-state index contributed by atoms with van der Waals surface area (Å²) in [6, 6.07) is 5.13. The monoisotopic (exact) mass is 370 g/mol. The Balaban J connectivity index is 1.56. The van der Waals surface area contributed by atoms with Gasteiger partial charge < -0.3 is 16.0 Å². The van der Waals surface area contributed by atoms with Crippen molar-refractivity contribution in [1.82, 2.24) is 20.1 Å². The van der Waals surface area contributed by atoms with E-state index in [0.717, 1.165) is 31.2 Å². The fourth-order valence-corrected chi connectivity index (χ4v) is 3.30. The molecule has 3 N–H and O–H groups in total. The van der Waals surface area contributed by atoms with E-state index in [0.29, 0.717) is 17.9 Å². The summed E-state index contributed by atoms with van der Waals surface area (Å²) in [7, 11) is 0. The van der Waals surface area contributed by atoms with Gasteiger partial charge in [-0.25, -0.2) is 9.78 Å². The number of carbonyl (C=O) groups is 2. The van der Waals surface area contributed by atoms with Crippen LogP contribution in [0.5, 0.6) is 0 Å². The molecule has 1 aromatic carbocycles. The number of urea groups is 1. The van der Waals surface area contributed by atoms with Gasteiger partial charge in [0, 0.05) is 23.3 Å². The normalized spacial score (nSPS) is 15.3. The Hall–Kier alpha value is -2.90. The third-order valence-corrected chi connectivity index (χ3v) is 4.78. The first-order valence-corrected chi connectivity index (χ1v) is 9.32. The van der Waals surface area contributed by atoms with E-state index in [-0.39, 0.29) is 23.9 Å². The third kappa shape index (κ3) is 5.29. The molecule has 1 heterocycles. The minimum atomic E-state index is -0.301. The minimum absolute atomic E-state index is 0.0632. The predicted molar refractivity (Wildman–Crippen MR) is 103 cm³/mol.